The Morgan fingerprint density at radius 3 is 2.53 bits per heavy atom. The van der Waals surface area contributed by atoms with Gasteiger partial charge >= 0.3 is 5.97 Å². The number of primary sulfonamides is 1. The molecule has 0 bridgehead atoms. The van der Waals surface area contributed by atoms with Gasteiger partial charge in [-0.1, -0.05) is 0 Å². The Balaban J connectivity index is 1.50. The lowest BCUT2D eigenvalue weighted by atomic mass is 10.1. The van der Waals surface area contributed by atoms with E-state index in [0.29, 0.717) is 36.0 Å². The zero-order chi connectivity index (χ0) is 23.0. The van der Waals surface area contributed by atoms with Crippen LogP contribution in [-0.2, 0) is 14.8 Å². The maximum atomic E-state index is 12.7. The van der Waals surface area contributed by atoms with Crippen LogP contribution in [0.25, 0.3) is 5.69 Å². The molecule has 168 valence electrons. The van der Waals surface area contributed by atoms with Crippen LogP contribution in [0.1, 0.15) is 32.1 Å². The van der Waals surface area contributed by atoms with Gasteiger partial charge in [-0.3, -0.25) is 4.79 Å². The molecule has 0 spiro atoms. The second-order valence-corrected chi connectivity index (χ2v) is 9.85. The van der Waals surface area contributed by atoms with Gasteiger partial charge in [0.1, 0.15) is 17.4 Å². The van der Waals surface area contributed by atoms with Crippen molar-refractivity contribution in [3.05, 3.63) is 58.2 Å². The molecule has 1 aromatic carbocycles. The van der Waals surface area contributed by atoms with Gasteiger partial charge in [0.05, 0.1) is 5.56 Å². The van der Waals surface area contributed by atoms with Gasteiger partial charge in [0, 0.05) is 34.1 Å². The van der Waals surface area contributed by atoms with Crippen molar-refractivity contribution in [3.8, 4) is 17.2 Å². The number of sulfonamides is 1. The van der Waals surface area contributed by atoms with Crippen LogP contribution >= 0.6 is 11.3 Å². The fraction of sp³-hybridized carbons (Fsp3) is 0.238. The molecule has 1 aliphatic rings. The first-order valence-corrected chi connectivity index (χ1v) is 12.0. The minimum Gasteiger partial charge on any atom is -0.486 e. The van der Waals surface area contributed by atoms with Crippen molar-refractivity contribution in [1.29, 1.82) is 0 Å². The van der Waals surface area contributed by atoms with E-state index < -0.39 is 22.6 Å². The molecule has 9 nitrogen and oxygen atoms in total. The van der Waals surface area contributed by atoms with Crippen molar-refractivity contribution in [2.24, 2.45) is 5.14 Å². The molecule has 0 amide bonds. The Kier molecular flexibility index (Phi) is 5.80. The van der Waals surface area contributed by atoms with Gasteiger partial charge in [0.25, 0.3) is 0 Å². The molecular weight excluding hydrogens is 456 g/mol. The first kappa shape index (κ1) is 22.1. The van der Waals surface area contributed by atoms with Crippen LogP contribution in [0.3, 0.4) is 0 Å². The van der Waals surface area contributed by atoms with E-state index in [2.05, 4.69) is 0 Å². The standard InChI is InChI=1S/C21H20N2O7S2/c1-12-7-16(13(2)23(12)15-3-4-18-19(9-15)29-6-5-28-18)17(24)10-30-21(25)14-8-20(31-11-14)32(22,26)27/h3-4,7-9,11H,5-6,10H2,1-2H3,(H2,22,26,27). The number of Topliss-reactive ketones (excluding diaryl/α,β-unsaturated/α-hetero) is 1. The number of aryl methyl sites for hydroxylation is 1. The Morgan fingerprint density at radius 2 is 1.84 bits per heavy atom. The van der Waals surface area contributed by atoms with Crippen molar-refractivity contribution in [3.63, 3.8) is 0 Å². The minimum absolute atomic E-state index is 0.0218. The summed E-state index contributed by atoms with van der Waals surface area (Å²) in [5.41, 5.74) is 2.76. The monoisotopic (exact) mass is 476 g/mol. The number of carbonyl (C=O) groups is 2. The van der Waals surface area contributed by atoms with Gasteiger partial charge in [0.2, 0.25) is 15.8 Å². The molecule has 4 rings (SSSR count). The third-order valence-electron chi connectivity index (χ3n) is 4.94. The molecule has 2 aromatic heterocycles. The zero-order valence-corrected chi connectivity index (χ0v) is 18.9. The number of ketones is 1. The van der Waals surface area contributed by atoms with Gasteiger partial charge < -0.3 is 18.8 Å². The number of nitrogens with zero attached hydrogens (tertiary/aromatic N) is 1. The molecule has 1 aliphatic heterocycles. The van der Waals surface area contributed by atoms with E-state index in [1.807, 2.05) is 29.7 Å². The van der Waals surface area contributed by atoms with E-state index in [1.54, 1.807) is 13.0 Å². The molecule has 0 saturated carbocycles. The summed E-state index contributed by atoms with van der Waals surface area (Å²) in [7, 11) is -3.91. The van der Waals surface area contributed by atoms with Crippen molar-refractivity contribution in [2.45, 2.75) is 18.1 Å². The lowest BCUT2D eigenvalue weighted by molar-refractivity contribution is 0.0475. The molecule has 0 aliphatic carbocycles. The number of rotatable bonds is 6. The molecule has 0 saturated heterocycles. The highest BCUT2D eigenvalue weighted by Gasteiger charge is 2.21. The molecule has 0 fully saturated rings. The average Bonchev–Trinajstić information content (AvgIpc) is 3.36. The average molecular weight is 477 g/mol. The van der Waals surface area contributed by atoms with E-state index in [-0.39, 0.29) is 15.6 Å². The summed E-state index contributed by atoms with van der Waals surface area (Å²) in [5.74, 6) is 0.129. The zero-order valence-electron chi connectivity index (χ0n) is 17.3. The topological polar surface area (TPSA) is 127 Å². The van der Waals surface area contributed by atoms with Gasteiger partial charge in [-0.15, -0.1) is 11.3 Å². The highest BCUT2D eigenvalue weighted by Crippen LogP contribution is 2.33. The summed E-state index contributed by atoms with van der Waals surface area (Å²) < 4.78 is 40.7. The van der Waals surface area contributed by atoms with Gasteiger partial charge in [-0.2, -0.15) is 0 Å². The molecule has 3 heterocycles. The molecule has 0 radical (unpaired) electrons. The van der Waals surface area contributed by atoms with E-state index in [4.69, 9.17) is 19.3 Å². The van der Waals surface area contributed by atoms with Gasteiger partial charge in [0.15, 0.2) is 18.1 Å². The maximum absolute atomic E-state index is 12.7. The summed E-state index contributed by atoms with van der Waals surface area (Å²) in [5, 5.41) is 6.37. The second kappa shape index (κ2) is 8.41. The summed E-state index contributed by atoms with van der Waals surface area (Å²) in [6.45, 7) is 4.16. The van der Waals surface area contributed by atoms with E-state index >= 15 is 0 Å². The predicted molar refractivity (Wildman–Crippen MR) is 117 cm³/mol. The fourth-order valence-electron chi connectivity index (χ4n) is 3.48. The number of nitrogens with two attached hydrogens (primary N) is 1. The summed E-state index contributed by atoms with van der Waals surface area (Å²) in [4.78, 5) is 24.9. The van der Waals surface area contributed by atoms with Crippen LogP contribution in [0.4, 0.5) is 0 Å². The Hall–Kier alpha value is -3.15. The number of thiophene rings is 1. The third kappa shape index (κ3) is 4.27. The van der Waals surface area contributed by atoms with Crippen LogP contribution in [0.15, 0.2) is 39.9 Å². The molecule has 32 heavy (non-hydrogen) atoms. The third-order valence-corrected chi connectivity index (χ3v) is 7.33. The maximum Gasteiger partial charge on any atom is 0.339 e. The van der Waals surface area contributed by atoms with Gasteiger partial charge in [-0.05, 0) is 38.1 Å². The number of aromatic nitrogens is 1. The van der Waals surface area contributed by atoms with Crippen molar-refractivity contribution in [2.75, 3.05) is 19.8 Å². The highest BCUT2D eigenvalue weighted by atomic mass is 32.2. The Bertz CT molecular complexity index is 1320. The van der Waals surface area contributed by atoms with Crippen LogP contribution in [0, 0.1) is 13.8 Å². The number of ether oxygens (including phenoxy) is 3. The highest BCUT2D eigenvalue weighted by molar-refractivity contribution is 7.91. The number of fused-ring (bicyclic) bond motifs is 1. The van der Waals surface area contributed by atoms with Crippen LogP contribution < -0.4 is 14.6 Å². The van der Waals surface area contributed by atoms with E-state index in [0.717, 1.165) is 28.8 Å². The number of hydrogen-bond donors (Lipinski definition) is 1. The lowest BCUT2D eigenvalue weighted by Crippen LogP contribution is -2.16. The second-order valence-electron chi connectivity index (χ2n) is 7.15. The van der Waals surface area contributed by atoms with E-state index in [9.17, 15) is 18.0 Å². The van der Waals surface area contributed by atoms with Crippen LogP contribution in [0.5, 0.6) is 11.5 Å². The summed E-state index contributed by atoms with van der Waals surface area (Å²) in [6, 6.07) is 8.40. The fourth-order valence-corrected chi connectivity index (χ4v) is 5.05. The number of benzene rings is 1. The number of carbonyl (C=O) groups excluding carboxylic acids is 2. The molecule has 0 unspecified atom stereocenters. The summed E-state index contributed by atoms with van der Waals surface area (Å²) >= 11 is 0.809. The molecule has 0 atom stereocenters. The quantitative estimate of drug-likeness (QED) is 0.428. The van der Waals surface area contributed by atoms with Crippen molar-refractivity contribution < 1.29 is 32.2 Å². The first-order chi connectivity index (χ1) is 15.1. The minimum atomic E-state index is -3.91. The summed E-state index contributed by atoms with van der Waals surface area (Å²) in [6.07, 6.45) is 0. The Morgan fingerprint density at radius 1 is 1.12 bits per heavy atom. The molecular formula is C21H20N2O7S2. The largest absolute Gasteiger partial charge is 0.486 e. The molecule has 3 aromatic rings. The van der Waals surface area contributed by atoms with Crippen LogP contribution in [0.2, 0.25) is 0 Å². The van der Waals surface area contributed by atoms with Crippen molar-refractivity contribution in [1.82, 2.24) is 4.57 Å². The van der Waals surface area contributed by atoms with Crippen molar-refractivity contribution >= 4 is 33.1 Å². The number of esters is 1. The first-order valence-electron chi connectivity index (χ1n) is 9.56. The van der Waals surface area contributed by atoms with Gasteiger partial charge in [-0.25, -0.2) is 18.4 Å². The number of hydrogen-bond acceptors (Lipinski definition) is 8. The predicted octanol–water partition coefficient (Wildman–Crippen LogP) is 2.61. The lowest BCUT2D eigenvalue weighted by Gasteiger charge is -2.20. The van der Waals surface area contributed by atoms with Crippen LogP contribution in [-0.4, -0.2) is 44.6 Å². The SMILES string of the molecule is Cc1cc(C(=O)COC(=O)c2csc(S(N)(=O)=O)c2)c(C)n1-c1ccc2c(c1)OCCO2. The van der Waals surface area contributed by atoms with E-state index in [1.165, 1.54) is 5.38 Å². The Labute approximate surface area is 188 Å². The molecule has 2 N–H and O–H groups in total. The normalized spacial score (nSPS) is 13.1. The smallest absolute Gasteiger partial charge is 0.339 e. The molecule has 11 heteroatoms.